The largest absolute Gasteiger partial charge is 0.369 e. The SMILES string of the molecule is NC(=O)CN1CC(N)CC(Cc2ccccc2)C1. The van der Waals surface area contributed by atoms with Crippen molar-refractivity contribution in [2.24, 2.45) is 17.4 Å². The van der Waals surface area contributed by atoms with Gasteiger partial charge in [0.15, 0.2) is 0 Å². The first-order valence-electron chi connectivity index (χ1n) is 6.43. The lowest BCUT2D eigenvalue weighted by molar-refractivity contribution is -0.119. The Morgan fingerprint density at radius 3 is 2.67 bits per heavy atom. The van der Waals surface area contributed by atoms with Crippen LogP contribution in [0, 0.1) is 5.92 Å². The topological polar surface area (TPSA) is 72.4 Å². The summed E-state index contributed by atoms with van der Waals surface area (Å²) in [5.74, 6) is 0.234. The van der Waals surface area contributed by atoms with Gasteiger partial charge in [-0.3, -0.25) is 9.69 Å². The Morgan fingerprint density at radius 2 is 2.00 bits per heavy atom. The van der Waals surface area contributed by atoms with E-state index >= 15 is 0 Å². The highest BCUT2D eigenvalue weighted by molar-refractivity contribution is 5.75. The standard InChI is InChI=1S/C14H21N3O/c15-13-7-12(6-11-4-2-1-3-5-11)8-17(9-13)10-14(16)18/h1-5,12-13H,6-10,15H2,(H2,16,18). The molecule has 4 heteroatoms. The molecule has 0 radical (unpaired) electrons. The van der Waals surface area contributed by atoms with Crippen LogP contribution in [0.15, 0.2) is 30.3 Å². The van der Waals surface area contributed by atoms with Crippen LogP contribution in [-0.4, -0.2) is 36.5 Å². The van der Waals surface area contributed by atoms with E-state index in [1.807, 2.05) is 6.07 Å². The minimum atomic E-state index is -0.275. The number of nitrogens with zero attached hydrogens (tertiary/aromatic N) is 1. The second-order valence-electron chi connectivity index (χ2n) is 5.21. The number of carbonyl (C=O) groups is 1. The molecule has 1 aromatic rings. The Kier molecular flexibility index (Phi) is 4.33. The lowest BCUT2D eigenvalue weighted by Gasteiger charge is -2.35. The molecule has 2 unspecified atom stereocenters. The van der Waals surface area contributed by atoms with Crippen molar-refractivity contribution < 1.29 is 4.79 Å². The van der Waals surface area contributed by atoms with E-state index in [2.05, 4.69) is 29.2 Å². The van der Waals surface area contributed by atoms with Gasteiger partial charge in [0.25, 0.3) is 0 Å². The van der Waals surface area contributed by atoms with Crippen LogP contribution in [-0.2, 0) is 11.2 Å². The van der Waals surface area contributed by atoms with Crippen LogP contribution in [0.25, 0.3) is 0 Å². The van der Waals surface area contributed by atoms with Crippen molar-refractivity contribution in [1.29, 1.82) is 0 Å². The normalized spacial score (nSPS) is 24.9. The first-order chi connectivity index (χ1) is 8.63. The van der Waals surface area contributed by atoms with Gasteiger partial charge in [0, 0.05) is 19.1 Å². The quantitative estimate of drug-likeness (QED) is 0.807. The summed E-state index contributed by atoms with van der Waals surface area (Å²) in [5, 5.41) is 0. The number of benzene rings is 1. The number of primary amides is 1. The molecule has 18 heavy (non-hydrogen) atoms. The Bertz CT molecular complexity index is 393. The molecule has 0 aliphatic carbocycles. The number of likely N-dealkylation sites (tertiary alicyclic amines) is 1. The zero-order chi connectivity index (χ0) is 13.0. The Labute approximate surface area is 108 Å². The van der Waals surface area contributed by atoms with Crippen molar-refractivity contribution in [1.82, 2.24) is 4.90 Å². The number of rotatable bonds is 4. The summed E-state index contributed by atoms with van der Waals surface area (Å²) >= 11 is 0. The fourth-order valence-electron chi connectivity index (χ4n) is 2.79. The highest BCUT2D eigenvalue weighted by atomic mass is 16.1. The number of amides is 1. The minimum Gasteiger partial charge on any atom is -0.369 e. The smallest absolute Gasteiger partial charge is 0.231 e. The van der Waals surface area contributed by atoms with Crippen molar-refractivity contribution in [2.75, 3.05) is 19.6 Å². The molecule has 1 fully saturated rings. The summed E-state index contributed by atoms with van der Waals surface area (Å²) < 4.78 is 0. The van der Waals surface area contributed by atoms with E-state index in [-0.39, 0.29) is 11.9 Å². The van der Waals surface area contributed by atoms with E-state index in [1.54, 1.807) is 0 Å². The van der Waals surface area contributed by atoms with Gasteiger partial charge in [-0.25, -0.2) is 0 Å². The van der Waals surface area contributed by atoms with E-state index in [0.29, 0.717) is 12.5 Å². The highest BCUT2D eigenvalue weighted by Crippen LogP contribution is 2.20. The molecule has 1 saturated heterocycles. The fraction of sp³-hybridized carbons (Fsp3) is 0.500. The van der Waals surface area contributed by atoms with Gasteiger partial charge < -0.3 is 11.5 Å². The molecule has 2 rings (SSSR count). The molecule has 0 saturated carbocycles. The molecule has 1 aliphatic rings. The average Bonchev–Trinajstić information content (AvgIpc) is 2.28. The Hall–Kier alpha value is -1.39. The molecule has 1 aliphatic heterocycles. The third kappa shape index (κ3) is 3.82. The average molecular weight is 247 g/mol. The Morgan fingerprint density at radius 1 is 1.28 bits per heavy atom. The van der Waals surface area contributed by atoms with Crippen LogP contribution < -0.4 is 11.5 Å². The number of carbonyl (C=O) groups excluding carboxylic acids is 1. The predicted octanol–water partition coefficient (Wildman–Crippen LogP) is 0.364. The van der Waals surface area contributed by atoms with Crippen molar-refractivity contribution in [3.05, 3.63) is 35.9 Å². The van der Waals surface area contributed by atoms with E-state index in [4.69, 9.17) is 11.5 Å². The van der Waals surface area contributed by atoms with Gasteiger partial charge in [-0.05, 0) is 24.3 Å². The lowest BCUT2D eigenvalue weighted by atomic mass is 9.89. The number of piperidine rings is 1. The van der Waals surface area contributed by atoms with Gasteiger partial charge in [-0.1, -0.05) is 30.3 Å². The first-order valence-corrected chi connectivity index (χ1v) is 6.43. The second-order valence-corrected chi connectivity index (χ2v) is 5.21. The number of hydrogen-bond acceptors (Lipinski definition) is 3. The van der Waals surface area contributed by atoms with Gasteiger partial charge >= 0.3 is 0 Å². The molecular weight excluding hydrogens is 226 g/mol. The summed E-state index contributed by atoms with van der Waals surface area (Å²) in [6.45, 7) is 2.00. The molecule has 2 atom stereocenters. The molecule has 0 bridgehead atoms. The van der Waals surface area contributed by atoms with E-state index in [9.17, 15) is 4.79 Å². The maximum atomic E-state index is 11.0. The number of nitrogens with two attached hydrogens (primary N) is 2. The summed E-state index contributed by atoms with van der Waals surface area (Å²) in [7, 11) is 0. The van der Waals surface area contributed by atoms with Gasteiger partial charge in [0.05, 0.1) is 6.54 Å². The predicted molar refractivity (Wildman–Crippen MR) is 71.9 cm³/mol. The van der Waals surface area contributed by atoms with Crippen LogP contribution in [0.4, 0.5) is 0 Å². The first kappa shape index (κ1) is 13.1. The van der Waals surface area contributed by atoms with E-state index in [0.717, 1.165) is 25.9 Å². The summed E-state index contributed by atoms with van der Waals surface area (Å²) in [5.41, 5.74) is 12.6. The summed E-state index contributed by atoms with van der Waals surface area (Å²) in [4.78, 5) is 13.1. The summed E-state index contributed by atoms with van der Waals surface area (Å²) in [6, 6.07) is 10.6. The van der Waals surface area contributed by atoms with Crippen molar-refractivity contribution in [3.8, 4) is 0 Å². The van der Waals surface area contributed by atoms with Crippen molar-refractivity contribution in [3.63, 3.8) is 0 Å². The molecule has 0 aromatic heterocycles. The molecule has 4 nitrogen and oxygen atoms in total. The molecule has 4 N–H and O–H groups in total. The van der Waals surface area contributed by atoms with Crippen LogP contribution in [0.5, 0.6) is 0 Å². The lowest BCUT2D eigenvalue weighted by Crippen LogP contribution is -2.49. The molecule has 1 amide bonds. The molecular formula is C14H21N3O. The fourth-order valence-corrected chi connectivity index (χ4v) is 2.79. The van der Waals surface area contributed by atoms with Gasteiger partial charge in [0.1, 0.15) is 0 Å². The molecule has 1 aromatic carbocycles. The third-order valence-electron chi connectivity index (χ3n) is 3.39. The second kappa shape index (κ2) is 5.98. The number of hydrogen-bond donors (Lipinski definition) is 2. The van der Waals surface area contributed by atoms with Crippen LogP contribution in [0.1, 0.15) is 12.0 Å². The molecule has 1 heterocycles. The molecule has 98 valence electrons. The van der Waals surface area contributed by atoms with Crippen LogP contribution >= 0.6 is 0 Å². The van der Waals surface area contributed by atoms with Gasteiger partial charge in [0.2, 0.25) is 5.91 Å². The van der Waals surface area contributed by atoms with E-state index in [1.165, 1.54) is 5.56 Å². The van der Waals surface area contributed by atoms with E-state index < -0.39 is 0 Å². The monoisotopic (exact) mass is 247 g/mol. The molecule has 0 spiro atoms. The maximum absolute atomic E-state index is 11.0. The highest BCUT2D eigenvalue weighted by Gasteiger charge is 2.25. The third-order valence-corrected chi connectivity index (χ3v) is 3.39. The Balaban J connectivity index is 1.94. The maximum Gasteiger partial charge on any atom is 0.231 e. The van der Waals surface area contributed by atoms with Crippen molar-refractivity contribution >= 4 is 5.91 Å². The zero-order valence-electron chi connectivity index (χ0n) is 10.6. The minimum absolute atomic E-state index is 0.145. The zero-order valence-corrected chi connectivity index (χ0v) is 10.6. The van der Waals surface area contributed by atoms with Crippen molar-refractivity contribution in [2.45, 2.75) is 18.9 Å². The van der Waals surface area contributed by atoms with Crippen LogP contribution in [0.3, 0.4) is 0 Å². The van der Waals surface area contributed by atoms with Gasteiger partial charge in [-0.15, -0.1) is 0 Å². The van der Waals surface area contributed by atoms with Gasteiger partial charge in [-0.2, -0.15) is 0 Å². The summed E-state index contributed by atoms with van der Waals surface area (Å²) in [6.07, 6.45) is 2.04. The van der Waals surface area contributed by atoms with Crippen LogP contribution in [0.2, 0.25) is 0 Å².